The van der Waals surface area contributed by atoms with E-state index in [2.05, 4.69) is 12.1 Å². The minimum Gasteiger partial charge on any atom is -1.00 e. The van der Waals surface area contributed by atoms with Crippen molar-refractivity contribution in [1.82, 2.24) is 0 Å². The lowest BCUT2D eigenvalue weighted by molar-refractivity contribution is -0.597. The van der Waals surface area contributed by atoms with E-state index < -0.39 is 7.37 Å². The maximum atomic E-state index is 12.7. The quantitative estimate of drug-likeness (QED) is 0.307. The standard InChI is InChI=1S/C18H14IO2P.BrH/c20-22(21,17-9-5-2-6-10-17)18-13-11-16(12-14-18)19-15-7-3-1-4-8-15;/h1-14H;1H. The van der Waals surface area contributed by atoms with Gasteiger partial charge in [0.15, 0.2) is 7.14 Å². The van der Waals surface area contributed by atoms with E-state index in [9.17, 15) is 9.46 Å². The molecule has 0 saturated heterocycles. The van der Waals surface area contributed by atoms with Gasteiger partial charge in [-0.1, -0.05) is 36.4 Å². The van der Waals surface area contributed by atoms with E-state index in [4.69, 9.17) is 0 Å². The first-order valence-electron chi connectivity index (χ1n) is 6.85. The predicted octanol–water partition coefficient (Wildman–Crippen LogP) is -2.96. The van der Waals surface area contributed by atoms with Crippen LogP contribution in [0.5, 0.6) is 0 Å². The molecule has 2 nitrogen and oxygen atoms in total. The topological polar surface area (TPSA) is 37.3 Å². The Bertz CT molecular complexity index is 792. The fraction of sp³-hybridized carbons (Fsp3) is 0. The smallest absolute Gasteiger partial charge is 0.357 e. The van der Waals surface area contributed by atoms with Gasteiger partial charge in [0.25, 0.3) is 7.37 Å². The third kappa shape index (κ3) is 4.54. The second-order valence-corrected chi connectivity index (χ2v) is 9.99. The van der Waals surface area contributed by atoms with Crippen molar-refractivity contribution in [2.75, 3.05) is 0 Å². The zero-order chi connectivity index (χ0) is 15.4. The highest BCUT2D eigenvalue weighted by atomic mass is 127. The lowest BCUT2D eigenvalue weighted by Gasteiger charge is -2.11. The van der Waals surface area contributed by atoms with E-state index in [0.29, 0.717) is 10.6 Å². The second-order valence-electron chi connectivity index (χ2n) is 4.78. The van der Waals surface area contributed by atoms with Crippen molar-refractivity contribution < 1.29 is 47.6 Å². The summed E-state index contributed by atoms with van der Waals surface area (Å²) in [5, 5.41) is 0.958. The molecular weight excluding hydrogens is 486 g/mol. The van der Waals surface area contributed by atoms with Gasteiger partial charge >= 0.3 is 21.2 Å². The molecule has 3 aromatic rings. The molecule has 0 aliphatic rings. The van der Waals surface area contributed by atoms with Crippen LogP contribution >= 0.6 is 7.37 Å². The summed E-state index contributed by atoms with van der Waals surface area (Å²) in [7, 11) is -3.49. The highest BCUT2D eigenvalue weighted by Gasteiger charge is 2.25. The van der Waals surface area contributed by atoms with Crippen molar-refractivity contribution in [3.63, 3.8) is 0 Å². The second kappa shape index (κ2) is 8.25. The number of halogens is 2. The Balaban J connectivity index is 0.00000192. The molecule has 5 heteroatoms. The normalized spacial score (nSPS) is 12.9. The van der Waals surface area contributed by atoms with Gasteiger partial charge in [-0.3, -0.25) is 4.57 Å². The summed E-state index contributed by atoms with van der Waals surface area (Å²) >= 11 is -0.247. The summed E-state index contributed by atoms with van der Waals surface area (Å²) in [6.07, 6.45) is 0. The third-order valence-electron chi connectivity index (χ3n) is 3.23. The number of hydrogen-bond acceptors (Lipinski definition) is 1. The average molecular weight is 501 g/mol. The average Bonchev–Trinajstić information content (AvgIpc) is 2.57. The van der Waals surface area contributed by atoms with Crippen LogP contribution in [0.3, 0.4) is 0 Å². The van der Waals surface area contributed by atoms with Gasteiger partial charge in [0.2, 0.25) is 0 Å². The van der Waals surface area contributed by atoms with Crippen LogP contribution in [0, 0.1) is 7.14 Å². The fourth-order valence-corrected chi connectivity index (χ4v) is 5.73. The van der Waals surface area contributed by atoms with E-state index in [0.717, 1.165) is 0 Å². The molecule has 0 aliphatic heterocycles. The third-order valence-corrected chi connectivity index (χ3v) is 7.91. The molecule has 23 heavy (non-hydrogen) atoms. The van der Waals surface area contributed by atoms with Crippen molar-refractivity contribution in [2.24, 2.45) is 0 Å². The van der Waals surface area contributed by atoms with Crippen molar-refractivity contribution >= 4 is 18.0 Å². The lowest BCUT2D eigenvalue weighted by Crippen LogP contribution is -3.61. The van der Waals surface area contributed by atoms with E-state index >= 15 is 0 Å². The van der Waals surface area contributed by atoms with E-state index in [1.165, 1.54) is 7.14 Å². The summed E-state index contributed by atoms with van der Waals surface area (Å²) in [5.41, 5.74) is 0. The Hall–Kier alpha value is -0.940. The van der Waals surface area contributed by atoms with Crippen LogP contribution < -0.4 is 48.8 Å². The molecule has 0 spiro atoms. The van der Waals surface area contributed by atoms with E-state index in [1.807, 2.05) is 36.4 Å². The molecule has 118 valence electrons. The van der Waals surface area contributed by atoms with Crippen LogP contribution in [-0.4, -0.2) is 4.89 Å². The van der Waals surface area contributed by atoms with Crippen LogP contribution in [0.1, 0.15) is 0 Å². The van der Waals surface area contributed by atoms with Crippen molar-refractivity contribution in [1.29, 1.82) is 0 Å². The Labute approximate surface area is 157 Å². The maximum Gasteiger partial charge on any atom is 0.357 e. The SMILES string of the molecule is O=P(O)(c1ccccc1)c1ccc([I+]c2ccccc2)cc1.[Br-]. The zero-order valence-electron chi connectivity index (χ0n) is 12.1. The summed E-state index contributed by atoms with van der Waals surface area (Å²) < 4.78 is 15.2. The molecular formula is C18H15BrIO2P. The zero-order valence-corrected chi connectivity index (χ0v) is 16.8. The summed E-state index contributed by atoms with van der Waals surface area (Å²) in [6, 6.07) is 26.7. The van der Waals surface area contributed by atoms with Crippen molar-refractivity contribution in [3.8, 4) is 0 Å². The summed E-state index contributed by atoms with van der Waals surface area (Å²) in [5.74, 6) is 0. The summed E-state index contributed by atoms with van der Waals surface area (Å²) in [4.78, 5) is 10.4. The van der Waals surface area contributed by atoms with Gasteiger partial charge in [-0.15, -0.1) is 0 Å². The maximum absolute atomic E-state index is 12.7. The fourth-order valence-electron chi connectivity index (χ4n) is 2.09. The lowest BCUT2D eigenvalue weighted by atomic mass is 10.4. The van der Waals surface area contributed by atoms with Gasteiger partial charge in [0, 0.05) is 10.6 Å². The van der Waals surface area contributed by atoms with Crippen molar-refractivity contribution in [2.45, 2.75) is 0 Å². The predicted molar refractivity (Wildman–Crippen MR) is 85.8 cm³/mol. The molecule has 0 amide bonds. The molecule has 0 fully saturated rings. The van der Waals surface area contributed by atoms with Gasteiger partial charge in [0.05, 0.1) is 0 Å². The molecule has 0 radical (unpaired) electrons. The molecule has 3 rings (SSSR count). The minimum absolute atomic E-state index is 0. The molecule has 0 saturated carbocycles. The molecule has 0 aromatic heterocycles. The molecule has 0 heterocycles. The van der Waals surface area contributed by atoms with Crippen LogP contribution in [0.15, 0.2) is 84.9 Å². The molecule has 3 aromatic carbocycles. The van der Waals surface area contributed by atoms with E-state index in [-0.39, 0.29) is 38.2 Å². The highest BCUT2D eigenvalue weighted by molar-refractivity contribution is 7.73. The van der Waals surface area contributed by atoms with Gasteiger partial charge in [-0.25, -0.2) is 0 Å². The van der Waals surface area contributed by atoms with Gasteiger partial charge < -0.3 is 21.9 Å². The highest BCUT2D eigenvalue weighted by Crippen LogP contribution is 2.37. The van der Waals surface area contributed by atoms with Crippen LogP contribution in [0.25, 0.3) is 0 Å². The number of hydrogen-bond donors (Lipinski definition) is 1. The molecule has 0 bridgehead atoms. The Kier molecular flexibility index (Phi) is 6.60. The molecule has 1 atom stereocenters. The van der Waals surface area contributed by atoms with Crippen molar-refractivity contribution in [3.05, 3.63) is 92.1 Å². The first-order valence-corrected chi connectivity index (χ1v) is 10.7. The minimum atomic E-state index is -3.49. The van der Waals surface area contributed by atoms with Gasteiger partial charge in [-0.05, 0) is 48.5 Å². The van der Waals surface area contributed by atoms with Gasteiger partial charge in [-0.2, -0.15) is 0 Å². The largest absolute Gasteiger partial charge is 1.00 e. The summed E-state index contributed by atoms with van der Waals surface area (Å²) in [6.45, 7) is 0. The van der Waals surface area contributed by atoms with Crippen LogP contribution in [0.2, 0.25) is 0 Å². The van der Waals surface area contributed by atoms with Crippen LogP contribution in [0.4, 0.5) is 0 Å². The molecule has 0 aliphatic carbocycles. The van der Waals surface area contributed by atoms with Gasteiger partial charge in [0.1, 0.15) is 0 Å². The Morgan fingerprint density at radius 2 is 1.09 bits per heavy atom. The Morgan fingerprint density at radius 1 is 0.652 bits per heavy atom. The van der Waals surface area contributed by atoms with Crippen LogP contribution in [-0.2, 0) is 4.57 Å². The first kappa shape index (κ1) is 18.4. The first-order chi connectivity index (χ1) is 10.7. The monoisotopic (exact) mass is 500 g/mol. The van der Waals surface area contributed by atoms with E-state index in [1.54, 1.807) is 36.4 Å². The molecule has 1 unspecified atom stereocenters. The Morgan fingerprint density at radius 3 is 1.65 bits per heavy atom. The number of benzene rings is 3. The molecule has 1 N–H and O–H groups in total. The number of rotatable bonds is 4.